The Hall–Kier alpha value is -2.41. The number of carbonyl (C=O) groups excluding carboxylic acids is 2. The molecule has 6 nitrogen and oxygen atoms in total. The van der Waals surface area contributed by atoms with Crippen molar-refractivity contribution in [2.45, 2.75) is 26.4 Å². The fourth-order valence-corrected chi connectivity index (χ4v) is 2.31. The molecule has 132 valence electrons. The molecule has 0 saturated carbocycles. The number of ether oxygens (including phenoxy) is 2. The monoisotopic (exact) mass is 406 g/mol. The first-order valence-electron chi connectivity index (χ1n) is 7.55. The van der Waals surface area contributed by atoms with Crippen LogP contribution in [-0.2, 0) is 9.47 Å². The molecule has 0 bridgehead atoms. The Labute approximate surface area is 154 Å². The number of hydrogen-bond acceptors (Lipinski definition) is 5. The molecule has 0 atom stereocenters. The van der Waals surface area contributed by atoms with Crippen molar-refractivity contribution in [3.63, 3.8) is 0 Å². The highest BCUT2D eigenvalue weighted by Gasteiger charge is 2.29. The summed E-state index contributed by atoms with van der Waals surface area (Å²) in [5.41, 5.74) is -0.135. The third kappa shape index (κ3) is 4.79. The van der Waals surface area contributed by atoms with E-state index in [1.807, 2.05) is 0 Å². The topological polar surface area (TPSA) is 68.7 Å². The number of rotatable bonds is 3. The quantitative estimate of drug-likeness (QED) is 0.690. The number of methoxy groups -OCH3 is 1. The second-order valence-electron chi connectivity index (χ2n) is 6.16. The molecule has 0 aliphatic heterocycles. The van der Waals surface area contributed by atoms with Gasteiger partial charge in [-0.05, 0) is 61.0 Å². The number of carbonyl (C=O) groups is 2. The minimum absolute atomic E-state index is 0.237. The maximum atomic E-state index is 12.8. The summed E-state index contributed by atoms with van der Waals surface area (Å²) in [6, 6.07) is 10.0. The zero-order chi connectivity index (χ0) is 18.6. The van der Waals surface area contributed by atoms with E-state index in [9.17, 15) is 9.59 Å². The lowest BCUT2D eigenvalue weighted by atomic mass is 10.1. The van der Waals surface area contributed by atoms with E-state index in [1.54, 1.807) is 63.4 Å². The number of benzene rings is 1. The summed E-state index contributed by atoms with van der Waals surface area (Å²) < 4.78 is 11.1. The average Bonchev–Trinajstić information content (AvgIpc) is 2.55. The number of para-hydroxylation sites is 1. The van der Waals surface area contributed by atoms with Crippen molar-refractivity contribution in [2.75, 3.05) is 12.0 Å². The van der Waals surface area contributed by atoms with Crippen LogP contribution in [0.3, 0.4) is 0 Å². The standard InChI is InChI=1S/C18H19BrN2O4/c1-18(2,3)25-17(23)21(15-10-9-12(19)11-20-15)14-8-6-5-7-13(14)16(22)24-4/h5-11H,1-4H3. The van der Waals surface area contributed by atoms with E-state index in [-0.39, 0.29) is 5.56 Å². The van der Waals surface area contributed by atoms with E-state index >= 15 is 0 Å². The molecule has 2 rings (SSSR count). The highest BCUT2D eigenvalue weighted by atomic mass is 79.9. The van der Waals surface area contributed by atoms with Crippen LogP contribution < -0.4 is 4.90 Å². The van der Waals surface area contributed by atoms with Crippen molar-refractivity contribution >= 4 is 39.5 Å². The Morgan fingerprint density at radius 1 is 1.12 bits per heavy atom. The van der Waals surface area contributed by atoms with Crippen LogP contribution in [0, 0.1) is 0 Å². The predicted octanol–water partition coefficient (Wildman–Crippen LogP) is 4.70. The molecule has 0 saturated heterocycles. The van der Waals surface area contributed by atoms with Crippen LogP contribution in [0.15, 0.2) is 47.1 Å². The highest BCUT2D eigenvalue weighted by Crippen LogP contribution is 2.30. The molecule has 0 aliphatic rings. The maximum absolute atomic E-state index is 12.8. The third-order valence-electron chi connectivity index (χ3n) is 3.07. The molecule has 0 unspecified atom stereocenters. The number of anilines is 2. The van der Waals surface area contributed by atoms with Crippen molar-refractivity contribution in [2.24, 2.45) is 0 Å². The molecule has 0 spiro atoms. The highest BCUT2D eigenvalue weighted by molar-refractivity contribution is 9.10. The third-order valence-corrected chi connectivity index (χ3v) is 3.54. The lowest BCUT2D eigenvalue weighted by Crippen LogP contribution is -2.35. The van der Waals surface area contributed by atoms with Crippen LogP contribution in [0.1, 0.15) is 31.1 Å². The molecule has 1 aromatic carbocycles. The Morgan fingerprint density at radius 3 is 2.36 bits per heavy atom. The Balaban J connectivity index is 2.58. The molecule has 1 heterocycles. The van der Waals surface area contributed by atoms with Crippen molar-refractivity contribution in [3.05, 3.63) is 52.6 Å². The largest absolute Gasteiger partial charge is 0.465 e. The Morgan fingerprint density at radius 2 is 1.80 bits per heavy atom. The van der Waals surface area contributed by atoms with Gasteiger partial charge in [-0.1, -0.05) is 12.1 Å². The van der Waals surface area contributed by atoms with E-state index in [4.69, 9.17) is 9.47 Å². The molecule has 0 N–H and O–H groups in total. The number of halogens is 1. The fraction of sp³-hybridized carbons (Fsp3) is 0.278. The maximum Gasteiger partial charge on any atom is 0.420 e. The number of hydrogen-bond donors (Lipinski definition) is 0. The fourth-order valence-electron chi connectivity index (χ4n) is 2.07. The summed E-state index contributed by atoms with van der Waals surface area (Å²) in [5, 5.41) is 0. The van der Waals surface area contributed by atoms with Crippen LogP contribution >= 0.6 is 15.9 Å². The van der Waals surface area contributed by atoms with Crippen LogP contribution in [-0.4, -0.2) is 29.8 Å². The molecule has 2 aromatic rings. The van der Waals surface area contributed by atoms with E-state index in [0.29, 0.717) is 11.5 Å². The number of amides is 1. The van der Waals surface area contributed by atoms with Gasteiger partial charge in [-0.3, -0.25) is 0 Å². The van der Waals surface area contributed by atoms with Crippen LogP contribution in [0.4, 0.5) is 16.3 Å². The first kappa shape index (κ1) is 18.9. The SMILES string of the molecule is COC(=O)c1ccccc1N(C(=O)OC(C)(C)C)c1ccc(Br)cn1. The van der Waals surface area contributed by atoms with E-state index < -0.39 is 17.7 Å². The second kappa shape index (κ2) is 7.65. The van der Waals surface area contributed by atoms with Crippen molar-refractivity contribution in [1.82, 2.24) is 4.98 Å². The number of pyridine rings is 1. The first-order chi connectivity index (χ1) is 11.7. The van der Waals surface area contributed by atoms with Crippen LogP contribution in [0.25, 0.3) is 0 Å². The smallest absolute Gasteiger partial charge is 0.420 e. The van der Waals surface area contributed by atoms with E-state index in [2.05, 4.69) is 20.9 Å². The molecule has 1 amide bonds. The molecule has 25 heavy (non-hydrogen) atoms. The van der Waals surface area contributed by atoms with Crippen molar-refractivity contribution < 1.29 is 19.1 Å². The van der Waals surface area contributed by atoms with Gasteiger partial charge in [0.15, 0.2) is 0 Å². The number of esters is 1. The van der Waals surface area contributed by atoms with Gasteiger partial charge in [0.05, 0.1) is 18.4 Å². The first-order valence-corrected chi connectivity index (χ1v) is 8.34. The van der Waals surface area contributed by atoms with Gasteiger partial charge in [0.1, 0.15) is 11.4 Å². The van der Waals surface area contributed by atoms with Gasteiger partial charge in [-0.2, -0.15) is 0 Å². The second-order valence-corrected chi connectivity index (χ2v) is 7.07. The van der Waals surface area contributed by atoms with Crippen molar-refractivity contribution in [3.8, 4) is 0 Å². The minimum atomic E-state index is -0.703. The minimum Gasteiger partial charge on any atom is -0.465 e. The summed E-state index contributed by atoms with van der Waals surface area (Å²) in [4.78, 5) is 30.4. The summed E-state index contributed by atoms with van der Waals surface area (Å²) >= 11 is 3.31. The van der Waals surface area contributed by atoms with Gasteiger partial charge in [0, 0.05) is 10.7 Å². The molecule has 0 radical (unpaired) electrons. The van der Waals surface area contributed by atoms with Gasteiger partial charge in [-0.15, -0.1) is 0 Å². The Bertz CT molecular complexity index is 769. The van der Waals surface area contributed by atoms with E-state index in [1.165, 1.54) is 12.0 Å². The molecule has 0 aliphatic carbocycles. The predicted molar refractivity (Wildman–Crippen MR) is 98.1 cm³/mol. The van der Waals surface area contributed by atoms with Gasteiger partial charge < -0.3 is 9.47 Å². The van der Waals surface area contributed by atoms with Gasteiger partial charge in [0.2, 0.25) is 0 Å². The van der Waals surface area contributed by atoms with Crippen LogP contribution in [0.2, 0.25) is 0 Å². The Kier molecular flexibility index (Phi) is 5.79. The van der Waals surface area contributed by atoms with E-state index in [0.717, 1.165) is 4.47 Å². The molecular weight excluding hydrogens is 388 g/mol. The lowest BCUT2D eigenvalue weighted by Gasteiger charge is -2.27. The summed E-state index contributed by atoms with van der Waals surface area (Å²) in [6.07, 6.45) is 0.923. The van der Waals surface area contributed by atoms with Gasteiger partial charge in [-0.25, -0.2) is 19.5 Å². The zero-order valence-electron chi connectivity index (χ0n) is 14.4. The normalized spacial score (nSPS) is 10.9. The summed E-state index contributed by atoms with van der Waals surface area (Å²) in [6.45, 7) is 5.30. The lowest BCUT2D eigenvalue weighted by molar-refractivity contribution is 0.0595. The van der Waals surface area contributed by atoms with Gasteiger partial charge in [0.25, 0.3) is 0 Å². The number of aromatic nitrogens is 1. The van der Waals surface area contributed by atoms with Crippen LogP contribution in [0.5, 0.6) is 0 Å². The average molecular weight is 407 g/mol. The van der Waals surface area contributed by atoms with Crippen molar-refractivity contribution in [1.29, 1.82) is 0 Å². The summed E-state index contributed by atoms with van der Waals surface area (Å²) in [5.74, 6) is -0.227. The molecule has 1 aromatic heterocycles. The van der Waals surface area contributed by atoms with Gasteiger partial charge >= 0.3 is 12.1 Å². The molecular formula is C18H19BrN2O4. The zero-order valence-corrected chi connectivity index (χ0v) is 16.0. The molecule has 7 heteroatoms. The number of nitrogens with zero attached hydrogens (tertiary/aromatic N) is 2. The summed E-state index contributed by atoms with van der Waals surface area (Å²) in [7, 11) is 1.29. The molecule has 0 fully saturated rings.